The van der Waals surface area contributed by atoms with Crippen molar-refractivity contribution in [1.29, 1.82) is 10.5 Å². The van der Waals surface area contributed by atoms with Gasteiger partial charge >= 0.3 is 0 Å². The highest BCUT2D eigenvalue weighted by Gasteiger charge is 2.35. The summed E-state index contributed by atoms with van der Waals surface area (Å²) in [5.41, 5.74) is 9.01. The van der Waals surface area contributed by atoms with Crippen molar-refractivity contribution in [1.82, 2.24) is 9.97 Å². The number of rotatable bonds is 10. The molecule has 4 aliphatic rings. The second-order valence-electron chi connectivity index (χ2n) is 16.8. The van der Waals surface area contributed by atoms with Crippen LogP contribution in [-0.4, -0.2) is 85.3 Å². The van der Waals surface area contributed by atoms with Crippen LogP contribution in [0.2, 0.25) is 5.02 Å². The van der Waals surface area contributed by atoms with Crippen molar-refractivity contribution >= 4 is 46.8 Å². The molecule has 0 bridgehead atoms. The average Bonchev–Trinajstić information content (AvgIpc) is 3.23. The minimum Gasteiger partial charge on any atom is -0.378 e. The Kier molecular flexibility index (Phi) is 14.7. The molecular weight excluding hydrogens is 812 g/mol. The Hall–Kier alpha value is -3.85. The van der Waals surface area contributed by atoms with Gasteiger partial charge in [-0.25, -0.2) is 9.97 Å². The third kappa shape index (κ3) is 11.0. The first-order chi connectivity index (χ1) is 28.9. The van der Waals surface area contributed by atoms with Crippen LogP contribution in [0.25, 0.3) is 0 Å². The molecule has 2 aromatic carbocycles. The summed E-state index contributed by atoms with van der Waals surface area (Å²) in [7, 11) is 0. The van der Waals surface area contributed by atoms with E-state index >= 15 is 0 Å². The number of halogens is 1. The molecule has 0 unspecified atom stereocenters. The highest BCUT2D eigenvalue weighted by Crippen LogP contribution is 2.40. The maximum absolute atomic E-state index is 10.0. The number of aryl methyl sites for hydroxylation is 3. The molecule has 0 saturated carbocycles. The number of pyridine rings is 2. The number of fused-ring (bicyclic) bond motifs is 2. The predicted molar refractivity (Wildman–Crippen MR) is 241 cm³/mol. The zero-order valence-electron chi connectivity index (χ0n) is 35.4. The molecule has 8 rings (SSSR count). The van der Waals surface area contributed by atoms with Gasteiger partial charge in [-0.15, -0.1) is 23.5 Å². The van der Waals surface area contributed by atoms with Crippen LogP contribution in [0.3, 0.4) is 0 Å². The van der Waals surface area contributed by atoms with Crippen LogP contribution in [0.15, 0.2) is 58.6 Å². The number of ether oxygens (including phenoxy) is 4. The monoisotopic (exact) mass is 866 g/mol. The molecule has 2 fully saturated rings. The van der Waals surface area contributed by atoms with Crippen LogP contribution in [0.4, 0.5) is 11.6 Å². The van der Waals surface area contributed by atoms with E-state index < -0.39 is 0 Å². The Morgan fingerprint density at radius 1 is 0.667 bits per heavy atom. The fourth-order valence-corrected chi connectivity index (χ4v) is 10.3. The van der Waals surface area contributed by atoms with Gasteiger partial charge in [-0.1, -0.05) is 53.6 Å². The van der Waals surface area contributed by atoms with E-state index in [9.17, 15) is 10.5 Å². The zero-order chi connectivity index (χ0) is 42.3. The molecule has 6 heterocycles. The quantitative estimate of drug-likeness (QED) is 0.142. The van der Waals surface area contributed by atoms with Gasteiger partial charge in [0.15, 0.2) is 0 Å². The molecule has 4 aromatic rings. The Bertz CT molecular complexity index is 2090. The van der Waals surface area contributed by atoms with Crippen LogP contribution < -0.4 is 9.80 Å². The Morgan fingerprint density at radius 3 is 1.55 bits per heavy atom. The highest BCUT2D eigenvalue weighted by atomic mass is 35.5. The third-order valence-electron chi connectivity index (χ3n) is 11.2. The standard InChI is InChI=1S/C24H29N3O2S.C23H26ClN3O2S/c1-17-5-4-6-18(13-17)7-12-30-23-20(15-25)19-14-24(2,3)29-16-21(19)22(26-23)27-8-10-28-11-9-27;1-23(2)13-18-19(14-25)22(30-11-6-16-4-3-5-17(24)12-16)26-21(20(18)15-29-23)27-7-9-28-10-8-27/h4-6,13H,7-12,14,16H2,1-3H3;3-5,12H,6-11,13,15H2,1-2H3. The number of hydrogen-bond donors (Lipinski definition) is 0. The molecule has 0 amide bonds. The number of nitriles is 2. The minimum absolute atomic E-state index is 0.272. The number of morpholine rings is 2. The van der Waals surface area contributed by atoms with E-state index in [2.05, 4.69) is 86.9 Å². The van der Waals surface area contributed by atoms with E-state index in [0.717, 1.165) is 111 Å². The first-order valence-corrected chi connectivity index (χ1v) is 23.2. The molecule has 0 spiro atoms. The molecule has 2 aromatic heterocycles. The lowest BCUT2D eigenvalue weighted by atomic mass is 9.89. The van der Waals surface area contributed by atoms with Crippen LogP contribution in [0.5, 0.6) is 0 Å². The summed E-state index contributed by atoms with van der Waals surface area (Å²) in [5.74, 6) is 3.66. The smallest absolute Gasteiger partial charge is 0.135 e. The van der Waals surface area contributed by atoms with Crippen molar-refractivity contribution < 1.29 is 18.9 Å². The first-order valence-electron chi connectivity index (χ1n) is 20.8. The van der Waals surface area contributed by atoms with E-state index in [-0.39, 0.29) is 11.2 Å². The SMILES string of the molecule is CC1(C)Cc2c(C#N)c(SCCc3cccc(Cl)c3)nc(N3CCOCC3)c2CO1.Cc1cccc(CCSc2nc(N3CCOCC3)c3c(c2C#N)CC(C)(C)OC3)c1. The van der Waals surface area contributed by atoms with Gasteiger partial charge in [0, 0.05) is 66.7 Å². The van der Waals surface area contributed by atoms with Gasteiger partial charge in [0.2, 0.25) is 0 Å². The zero-order valence-corrected chi connectivity index (χ0v) is 37.8. The van der Waals surface area contributed by atoms with E-state index in [1.54, 1.807) is 23.5 Å². The van der Waals surface area contributed by atoms with E-state index in [1.807, 2.05) is 18.2 Å². The fraction of sp³-hybridized carbons (Fsp3) is 0.489. The maximum atomic E-state index is 10.0. The summed E-state index contributed by atoms with van der Waals surface area (Å²) >= 11 is 9.45. The van der Waals surface area contributed by atoms with Gasteiger partial charge < -0.3 is 28.7 Å². The van der Waals surface area contributed by atoms with Crippen molar-refractivity contribution in [2.45, 2.75) is 94.8 Å². The van der Waals surface area contributed by atoms with Crippen LogP contribution >= 0.6 is 35.1 Å². The van der Waals surface area contributed by atoms with Crippen LogP contribution in [0, 0.1) is 29.6 Å². The number of benzene rings is 2. The lowest BCUT2D eigenvalue weighted by molar-refractivity contribution is -0.0405. The van der Waals surface area contributed by atoms with E-state index in [1.165, 1.54) is 16.7 Å². The minimum atomic E-state index is -0.287. The summed E-state index contributed by atoms with van der Waals surface area (Å²) in [4.78, 5) is 14.5. The van der Waals surface area contributed by atoms with Crippen molar-refractivity contribution in [3.05, 3.63) is 104 Å². The summed E-state index contributed by atoms with van der Waals surface area (Å²) in [6.45, 7) is 17.5. The molecule has 2 saturated heterocycles. The van der Waals surface area contributed by atoms with Gasteiger partial charge in [-0.2, -0.15) is 10.5 Å². The number of nitrogens with zero attached hydrogens (tertiary/aromatic N) is 6. The predicted octanol–water partition coefficient (Wildman–Crippen LogP) is 8.91. The molecular formula is C47H55ClN6O4S2. The molecule has 0 radical (unpaired) electrons. The van der Waals surface area contributed by atoms with Crippen LogP contribution in [0.1, 0.15) is 77.8 Å². The third-order valence-corrected chi connectivity index (χ3v) is 13.4. The van der Waals surface area contributed by atoms with Crippen molar-refractivity contribution in [2.24, 2.45) is 0 Å². The summed E-state index contributed by atoms with van der Waals surface area (Å²) in [6.07, 6.45) is 3.28. The van der Waals surface area contributed by atoms with Crippen molar-refractivity contribution in [2.75, 3.05) is 73.9 Å². The number of anilines is 2. The van der Waals surface area contributed by atoms with E-state index in [4.69, 9.17) is 40.5 Å². The van der Waals surface area contributed by atoms with Gasteiger partial charge in [-0.3, -0.25) is 0 Å². The second kappa shape index (κ2) is 19.9. The topological polar surface area (TPSA) is 117 Å². The highest BCUT2D eigenvalue weighted by molar-refractivity contribution is 7.99. The summed E-state index contributed by atoms with van der Waals surface area (Å²) in [6, 6.07) is 21.5. The average molecular weight is 868 g/mol. The number of aromatic nitrogens is 2. The maximum Gasteiger partial charge on any atom is 0.135 e. The first kappa shape index (κ1) is 44.2. The molecule has 13 heteroatoms. The molecule has 316 valence electrons. The normalized spacial score (nSPS) is 18.0. The summed E-state index contributed by atoms with van der Waals surface area (Å²) in [5, 5.41) is 22.4. The Labute approximate surface area is 368 Å². The molecule has 60 heavy (non-hydrogen) atoms. The van der Waals surface area contributed by atoms with Gasteiger partial charge in [0.05, 0.1) is 62.0 Å². The van der Waals surface area contributed by atoms with Gasteiger partial charge in [0.1, 0.15) is 33.8 Å². The summed E-state index contributed by atoms with van der Waals surface area (Å²) < 4.78 is 23.3. The molecule has 0 aliphatic carbocycles. The Morgan fingerprint density at radius 2 is 1.12 bits per heavy atom. The lowest BCUT2D eigenvalue weighted by Gasteiger charge is -2.37. The van der Waals surface area contributed by atoms with Gasteiger partial charge in [-0.05, 0) is 81.8 Å². The molecule has 4 aliphatic heterocycles. The molecule has 0 atom stereocenters. The van der Waals surface area contributed by atoms with Gasteiger partial charge in [0.25, 0.3) is 0 Å². The van der Waals surface area contributed by atoms with Crippen molar-refractivity contribution in [3.8, 4) is 12.1 Å². The van der Waals surface area contributed by atoms with Crippen molar-refractivity contribution in [3.63, 3.8) is 0 Å². The number of thioether (sulfide) groups is 2. The lowest BCUT2D eigenvalue weighted by Crippen LogP contribution is -2.39. The number of hydrogen-bond acceptors (Lipinski definition) is 12. The fourth-order valence-electron chi connectivity index (χ4n) is 8.06. The largest absolute Gasteiger partial charge is 0.378 e. The molecule has 10 nitrogen and oxygen atoms in total. The second-order valence-corrected chi connectivity index (χ2v) is 19.4. The Balaban J connectivity index is 0.000000181. The van der Waals surface area contributed by atoms with Crippen LogP contribution in [-0.2, 0) is 57.8 Å². The molecule has 0 N–H and O–H groups in total. The van der Waals surface area contributed by atoms with E-state index in [0.29, 0.717) is 51.6 Å².